The normalized spacial score (nSPS) is 10.9. The maximum atomic E-state index is 6.00. The minimum absolute atomic E-state index is 0.547. The average molecular weight is 287 g/mol. The third-order valence-corrected chi connectivity index (χ3v) is 3.77. The van der Waals surface area contributed by atoms with Crippen molar-refractivity contribution in [3.8, 4) is 5.75 Å². The Hall–Kier alpha value is -1.74. The van der Waals surface area contributed by atoms with Gasteiger partial charge in [-0.3, -0.25) is 0 Å². The standard InChI is InChI=1S/C18H25NO2/c1-6-19-10-17-9-16(15(5)21-17)11-20-18-8-12(2)7-13(3)14(18)4/h7-9,19H,6,10-11H2,1-5H3. The molecule has 0 atom stereocenters. The van der Waals surface area contributed by atoms with Crippen LogP contribution in [0.5, 0.6) is 5.75 Å². The highest BCUT2D eigenvalue weighted by molar-refractivity contribution is 5.42. The number of furan rings is 1. The van der Waals surface area contributed by atoms with Gasteiger partial charge in [-0.1, -0.05) is 13.0 Å². The van der Waals surface area contributed by atoms with Gasteiger partial charge in [-0.05, 0) is 63.1 Å². The lowest BCUT2D eigenvalue weighted by Gasteiger charge is -2.12. The van der Waals surface area contributed by atoms with Gasteiger partial charge in [0, 0.05) is 5.56 Å². The Morgan fingerprint density at radius 1 is 1.10 bits per heavy atom. The van der Waals surface area contributed by atoms with Gasteiger partial charge in [-0.2, -0.15) is 0 Å². The van der Waals surface area contributed by atoms with E-state index in [1.165, 1.54) is 16.7 Å². The van der Waals surface area contributed by atoms with E-state index in [1.807, 2.05) is 6.92 Å². The summed E-state index contributed by atoms with van der Waals surface area (Å²) in [6, 6.07) is 6.35. The first kappa shape index (κ1) is 15.6. The quantitative estimate of drug-likeness (QED) is 0.864. The van der Waals surface area contributed by atoms with Crippen LogP contribution in [0.4, 0.5) is 0 Å². The van der Waals surface area contributed by atoms with Gasteiger partial charge in [-0.25, -0.2) is 0 Å². The largest absolute Gasteiger partial charge is 0.488 e. The predicted octanol–water partition coefficient (Wildman–Crippen LogP) is 4.20. The number of hydrogen-bond acceptors (Lipinski definition) is 3. The second-order valence-corrected chi connectivity index (χ2v) is 5.57. The number of aryl methyl sites for hydroxylation is 3. The summed E-state index contributed by atoms with van der Waals surface area (Å²) in [7, 11) is 0. The Morgan fingerprint density at radius 2 is 1.86 bits per heavy atom. The fraction of sp³-hybridized carbons (Fsp3) is 0.444. The zero-order chi connectivity index (χ0) is 15.4. The fourth-order valence-electron chi connectivity index (χ4n) is 2.37. The molecule has 1 aromatic carbocycles. The molecule has 3 heteroatoms. The number of benzene rings is 1. The second kappa shape index (κ2) is 6.81. The van der Waals surface area contributed by atoms with E-state index in [0.29, 0.717) is 6.61 Å². The lowest BCUT2D eigenvalue weighted by molar-refractivity contribution is 0.300. The molecule has 1 heterocycles. The van der Waals surface area contributed by atoms with E-state index < -0.39 is 0 Å². The van der Waals surface area contributed by atoms with Crippen LogP contribution in [-0.4, -0.2) is 6.54 Å². The fourth-order valence-corrected chi connectivity index (χ4v) is 2.37. The van der Waals surface area contributed by atoms with Gasteiger partial charge >= 0.3 is 0 Å². The molecule has 0 aliphatic rings. The SMILES string of the molecule is CCNCc1cc(COc2cc(C)cc(C)c2C)c(C)o1. The average Bonchev–Trinajstić information content (AvgIpc) is 2.79. The van der Waals surface area contributed by atoms with Crippen molar-refractivity contribution >= 4 is 0 Å². The van der Waals surface area contributed by atoms with Crippen LogP contribution >= 0.6 is 0 Å². The molecule has 0 bridgehead atoms. The molecule has 0 radical (unpaired) electrons. The summed E-state index contributed by atoms with van der Waals surface area (Å²) in [4.78, 5) is 0. The van der Waals surface area contributed by atoms with Crippen molar-refractivity contribution in [3.05, 3.63) is 52.0 Å². The van der Waals surface area contributed by atoms with Crippen molar-refractivity contribution in [2.45, 2.75) is 47.8 Å². The molecule has 2 aromatic rings. The van der Waals surface area contributed by atoms with Gasteiger partial charge in [0.15, 0.2) is 0 Å². The van der Waals surface area contributed by atoms with Crippen LogP contribution in [0.25, 0.3) is 0 Å². The zero-order valence-corrected chi connectivity index (χ0v) is 13.7. The van der Waals surface area contributed by atoms with Crippen LogP contribution in [-0.2, 0) is 13.2 Å². The first-order valence-corrected chi connectivity index (χ1v) is 7.50. The Labute approximate surface area is 127 Å². The highest BCUT2D eigenvalue weighted by atomic mass is 16.5. The van der Waals surface area contributed by atoms with E-state index in [0.717, 1.165) is 35.9 Å². The minimum atomic E-state index is 0.547. The third-order valence-electron chi connectivity index (χ3n) is 3.77. The summed E-state index contributed by atoms with van der Waals surface area (Å²) in [5, 5.41) is 3.27. The maximum Gasteiger partial charge on any atom is 0.123 e. The summed E-state index contributed by atoms with van der Waals surface area (Å²) in [5.41, 5.74) is 4.81. The van der Waals surface area contributed by atoms with E-state index in [1.54, 1.807) is 0 Å². The van der Waals surface area contributed by atoms with E-state index >= 15 is 0 Å². The highest BCUT2D eigenvalue weighted by Gasteiger charge is 2.10. The number of hydrogen-bond donors (Lipinski definition) is 1. The summed E-state index contributed by atoms with van der Waals surface area (Å²) in [6.45, 7) is 12.6. The first-order chi connectivity index (χ1) is 10.0. The molecule has 1 aromatic heterocycles. The Morgan fingerprint density at radius 3 is 2.57 bits per heavy atom. The van der Waals surface area contributed by atoms with Crippen molar-refractivity contribution in [3.63, 3.8) is 0 Å². The Kier molecular flexibility index (Phi) is 5.07. The molecule has 0 saturated carbocycles. The van der Waals surface area contributed by atoms with E-state index in [-0.39, 0.29) is 0 Å². The van der Waals surface area contributed by atoms with Crippen molar-refractivity contribution < 1.29 is 9.15 Å². The monoisotopic (exact) mass is 287 g/mol. The van der Waals surface area contributed by atoms with Crippen molar-refractivity contribution in [2.75, 3.05) is 6.54 Å². The van der Waals surface area contributed by atoms with Crippen LogP contribution in [0.1, 0.15) is 40.7 Å². The first-order valence-electron chi connectivity index (χ1n) is 7.50. The molecule has 3 nitrogen and oxygen atoms in total. The summed E-state index contributed by atoms with van der Waals surface area (Å²) in [6.07, 6.45) is 0. The molecule has 2 rings (SSSR count). The lowest BCUT2D eigenvalue weighted by Crippen LogP contribution is -2.10. The van der Waals surface area contributed by atoms with Crippen molar-refractivity contribution in [2.24, 2.45) is 0 Å². The molecular formula is C18H25NO2. The van der Waals surface area contributed by atoms with E-state index in [9.17, 15) is 0 Å². The Balaban J connectivity index is 2.08. The molecule has 0 fully saturated rings. The smallest absolute Gasteiger partial charge is 0.123 e. The van der Waals surface area contributed by atoms with Crippen molar-refractivity contribution in [1.82, 2.24) is 5.32 Å². The lowest BCUT2D eigenvalue weighted by atomic mass is 10.1. The van der Waals surface area contributed by atoms with Crippen LogP contribution < -0.4 is 10.1 Å². The Bertz CT molecular complexity index is 614. The topological polar surface area (TPSA) is 34.4 Å². The van der Waals surface area contributed by atoms with Crippen LogP contribution in [0, 0.1) is 27.7 Å². The molecule has 0 amide bonds. The summed E-state index contributed by atoms with van der Waals surface area (Å²) >= 11 is 0. The van der Waals surface area contributed by atoms with E-state index in [2.05, 4.69) is 51.2 Å². The molecule has 1 N–H and O–H groups in total. The molecular weight excluding hydrogens is 262 g/mol. The molecule has 21 heavy (non-hydrogen) atoms. The third kappa shape index (κ3) is 3.88. The van der Waals surface area contributed by atoms with Crippen LogP contribution in [0.2, 0.25) is 0 Å². The van der Waals surface area contributed by atoms with Gasteiger partial charge in [0.2, 0.25) is 0 Å². The zero-order valence-electron chi connectivity index (χ0n) is 13.7. The second-order valence-electron chi connectivity index (χ2n) is 5.57. The van der Waals surface area contributed by atoms with E-state index in [4.69, 9.17) is 9.15 Å². The van der Waals surface area contributed by atoms with Crippen LogP contribution in [0.15, 0.2) is 22.6 Å². The summed E-state index contributed by atoms with van der Waals surface area (Å²) in [5.74, 6) is 2.86. The highest BCUT2D eigenvalue weighted by Crippen LogP contribution is 2.25. The molecule has 0 aliphatic carbocycles. The number of ether oxygens (including phenoxy) is 1. The minimum Gasteiger partial charge on any atom is -0.488 e. The maximum absolute atomic E-state index is 6.00. The molecule has 0 aliphatic heterocycles. The summed E-state index contributed by atoms with van der Waals surface area (Å²) < 4.78 is 11.7. The van der Waals surface area contributed by atoms with Gasteiger partial charge in [0.1, 0.15) is 23.9 Å². The number of nitrogens with one attached hydrogen (secondary N) is 1. The van der Waals surface area contributed by atoms with Gasteiger partial charge < -0.3 is 14.5 Å². The van der Waals surface area contributed by atoms with Gasteiger partial charge in [0.05, 0.1) is 6.54 Å². The number of rotatable bonds is 6. The van der Waals surface area contributed by atoms with Gasteiger partial charge in [-0.15, -0.1) is 0 Å². The predicted molar refractivity (Wildman–Crippen MR) is 85.8 cm³/mol. The molecule has 0 spiro atoms. The van der Waals surface area contributed by atoms with Crippen LogP contribution in [0.3, 0.4) is 0 Å². The molecule has 0 saturated heterocycles. The van der Waals surface area contributed by atoms with Gasteiger partial charge in [0.25, 0.3) is 0 Å². The van der Waals surface area contributed by atoms with Crippen molar-refractivity contribution in [1.29, 1.82) is 0 Å². The molecule has 0 unspecified atom stereocenters. The molecule has 114 valence electrons.